The number of fused-ring (bicyclic) bond motifs is 1. The van der Waals surface area contributed by atoms with E-state index in [9.17, 15) is 0 Å². The Labute approximate surface area is 80.9 Å². The number of halogens is 1. The minimum absolute atomic E-state index is 0.595. The average molecular weight is 229 g/mol. The molecule has 66 valence electrons. The first-order chi connectivity index (χ1) is 5.74. The molecule has 0 saturated carbocycles. The fourth-order valence-corrected chi connectivity index (χ4v) is 2.52. The van der Waals surface area contributed by atoms with Crippen LogP contribution in [-0.4, -0.2) is 11.1 Å². The SMILES string of the molecule is Cn1cc2c(c1Br)CCC2CN. The van der Waals surface area contributed by atoms with Gasteiger partial charge in [0, 0.05) is 13.2 Å². The van der Waals surface area contributed by atoms with Crippen LogP contribution >= 0.6 is 15.9 Å². The van der Waals surface area contributed by atoms with Crippen molar-refractivity contribution in [3.63, 3.8) is 0 Å². The Hall–Kier alpha value is -0.280. The molecule has 0 saturated heterocycles. The van der Waals surface area contributed by atoms with Gasteiger partial charge < -0.3 is 10.3 Å². The van der Waals surface area contributed by atoms with Crippen molar-refractivity contribution in [2.45, 2.75) is 18.8 Å². The normalized spacial score (nSPS) is 21.4. The lowest BCUT2D eigenvalue weighted by Gasteiger charge is -2.04. The molecule has 1 heterocycles. The van der Waals surface area contributed by atoms with Crippen molar-refractivity contribution >= 4 is 15.9 Å². The molecular weight excluding hydrogens is 216 g/mol. The maximum Gasteiger partial charge on any atom is 0.0879 e. The second-order valence-electron chi connectivity index (χ2n) is 3.44. The Kier molecular flexibility index (Phi) is 2.00. The van der Waals surface area contributed by atoms with E-state index in [0.29, 0.717) is 5.92 Å². The molecule has 0 radical (unpaired) electrons. The van der Waals surface area contributed by atoms with Crippen LogP contribution in [-0.2, 0) is 13.5 Å². The molecule has 0 spiro atoms. The standard InChI is InChI=1S/C9H13BrN2/c1-12-5-8-6(4-11)2-3-7(8)9(12)10/h5-6H,2-4,11H2,1H3. The van der Waals surface area contributed by atoms with Gasteiger partial charge in [0.15, 0.2) is 0 Å². The molecule has 1 aliphatic rings. The number of aromatic nitrogens is 1. The van der Waals surface area contributed by atoms with Gasteiger partial charge in [-0.15, -0.1) is 0 Å². The topological polar surface area (TPSA) is 30.9 Å². The number of rotatable bonds is 1. The molecule has 0 bridgehead atoms. The van der Waals surface area contributed by atoms with E-state index in [4.69, 9.17) is 5.73 Å². The van der Waals surface area contributed by atoms with Crippen LogP contribution in [0.3, 0.4) is 0 Å². The smallest absolute Gasteiger partial charge is 0.0879 e. The second kappa shape index (κ2) is 2.89. The highest BCUT2D eigenvalue weighted by atomic mass is 79.9. The van der Waals surface area contributed by atoms with Gasteiger partial charge in [0.2, 0.25) is 0 Å². The average Bonchev–Trinajstić information content (AvgIpc) is 2.55. The van der Waals surface area contributed by atoms with Crippen LogP contribution in [0.25, 0.3) is 0 Å². The van der Waals surface area contributed by atoms with Gasteiger partial charge in [0.05, 0.1) is 4.60 Å². The summed E-state index contributed by atoms with van der Waals surface area (Å²) in [5.41, 5.74) is 8.60. The summed E-state index contributed by atoms with van der Waals surface area (Å²) >= 11 is 3.58. The van der Waals surface area contributed by atoms with E-state index in [0.717, 1.165) is 6.54 Å². The first-order valence-corrected chi connectivity index (χ1v) is 5.07. The lowest BCUT2D eigenvalue weighted by atomic mass is 10.1. The number of hydrogen-bond donors (Lipinski definition) is 1. The predicted octanol–water partition coefficient (Wildman–Crippen LogP) is 1.78. The molecular formula is C9H13BrN2. The molecule has 2 nitrogen and oxygen atoms in total. The molecule has 1 unspecified atom stereocenters. The van der Waals surface area contributed by atoms with Crippen LogP contribution in [0, 0.1) is 0 Å². The van der Waals surface area contributed by atoms with E-state index < -0.39 is 0 Å². The zero-order valence-electron chi connectivity index (χ0n) is 7.18. The minimum Gasteiger partial charge on any atom is -0.345 e. The molecule has 2 rings (SSSR count). The Morgan fingerprint density at radius 3 is 3.17 bits per heavy atom. The van der Waals surface area contributed by atoms with Gasteiger partial charge in [-0.2, -0.15) is 0 Å². The monoisotopic (exact) mass is 228 g/mol. The van der Waals surface area contributed by atoms with Gasteiger partial charge in [-0.05, 0) is 52.4 Å². The van der Waals surface area contributed by atoms with Crippen LogP contribution in [0.2, 0.25) is 0 Å². The molecule has 0 amide bonds. The maximum absolute atomic E-state index is 5.68. The Morgan fingerprint density at radius 2 is 2.50 bits per heavy atom. The number of hydrogen-bond acceptors (Lipinski definition) is 1. The molecule has 0 aromatic carbocycles. The van der Waals surface area contributed by atoms with Crippen molar-refractivity contribution in [2.24, 2.45) is 12.8 Å². The van der Waals surface area contributed by atoms with Crippen molar-refractivity contribution < 1.29 is 0 Å². The highest BCUT2D eigenvalue weighted by molar-refractivity contribution is 9.10. The Morgan fingerprint density at radius 1 is 1.75 bits per heavy atom. The quantitative estimate of drug-likeness (QED) is 0.781. The summed E-state index contributed by atoms with van der Waals surface area (Å²) in [6.45, 7) is 0.781. The van der Waals surface area contributed by atoms with Gasteiger partial charge in [-0.1, -0.05) is 0 Å². The van der Waals surface area contributed by atoms with Crippen LogP contribution in [0.5, 0.6) is 0 Å². The summed E-state index contributed by atoms with van der Waals surface area (Å²) in [6, 6.07) is 0. The summed E-state index contributed by atoms with van der Waals surface area (Å²) in [7, 11) is 2.07. The molecule has 3 heteroatoms. The molecule has 1 aliphatic carbocycles. The third-order valence-electron chi connectivity index (χ3n) is 2.71. The Bertz CT molecular complexity index is 304. The fraction of sp³-hybridized carbons (Fsp3) is 0.556. The minimum atomic E-state index is 0.595. The van der Waals surface area contributed by atoms with E-state index in [1.54, 1.807) is 0 Å². The van der Waals surface area contributed by atoms with E-state index >= 15 is 0 Å². The van der Waals surface area contributed by atoms with Crippen LogP contribution in [0.1, 0.15) is 23.5 Å². The molecule has 2 N–H and O–H groups in total. The molecule has 1 aromatic heterocycles. The summed E-state index contributed by atoms with van der Waals surface area (Å²) < 4.78 is 3.36. The molecule has 0 fully saturated rings. The van der Waals surface area contributed by atoms with Gasteiger partial charge in [0.25, 0.3) is 0 Å². The maximum atomic E-state index is 5.68. The van der Waals surface area contributed by atoms with E-state index in [-0.39, 0.29) is 0 Å². The zero-order valence-corrected chi connectivity index (χ0v) is 8.76. The largest absolute Gasteiger partial charge is 0.345 e. The Balaban J connectivity index is 2.46. The van der Waals surface area contributed by atoms with Crippen LogP contribution in [0.4, 0.5) is 0 Å². The van der Waals surface area contributed by atoms with Gasteiger partial charge in [-0.25, -0.2) is 0 Å². The van der Waals surface area contributed by atoms with Gasteiger partial charge >= 0.3 is 0 Å². The third-order valence-corrected chi connectivity index (χ3v) is 3.75. The van der Waals surface area contributed by atoms with Gasteiger partial charge in [0.1, 0.15) is 0 Å². The zero-order chi connectivity index (χ0) is 8.72. The highest BCUT2D eigenvalue weighted by Crippen LogP contribution is 2.37. The van der Waals surface area contributed by atoms with E-state index in [1.165, 1.54) is 28.6 Å². The predicted molar refractivity (Wildman–Crippen MR) is 53.2 cm³/mol. The third kappa shape index (κ3) is 1.04. The molecule has 1 aromatic rings. The molecule has 12 heavy (non-hydrogen) atoms. The number of nitrogens with two attached hydrogens (primary N) is 1. The first kappa shape index (κ1) is 8.32. The van der Waals surface area contributed by atoms with Crippen molar-refractivity contribution in [3.8, 4) is 0 Å². The summed E-state index contributed by atoms with van der Waals surface area (Å²) in [5.74, 6) is 0.595. The molecule has 1 atom stereocenters. The number of nitrogens with zero attached hydrogens (tertiary/aromatic N) is 1. The van der Waals surface area contributed by atoms with Crippen molar-refractivity contribution in [1.29, 1.82) is 0 Å². The van der Waals surface area contributed by atoms with Crippen molar-refractivity contribution in [3.05, 3.63) is 21.9 Å². The first-order valence-electron chi connectivity index (χ1n) is 4.27. The highest BCUT2D eigenvalue weighted by Gasteiger charge is 2.25. The van der Waals surface area contributed by atoms with Crippen LogP contribution < -0.4 is 5.73 Å². The van der Waals surface area contributed by atoms with Crippen molar-refractivity contribution in [1.82, 2.24) is 4.57 Å². The number of aryl methyl sites for hydroxylation is 1. The van der Waals surface area contributed by atoms with Crippen LogP contribution in [0.15, 0.2) is 10.8 Å². The fourth-order valence-electron chi connectivity index (χ4n) is 1.99. The molecule has 0 aliphatic heterocycles. The van der Waals surface area contributed by atoms with Gasteiger partial charge in [-0.3, -0.25) is 0 Å². The summed E-state index contributed by atoms with van der Waals surface area (Å²) in [5, 5.41) is 0. The lowest BCUT2D eigenvalue weighted by molar-refractivity contribution is 0.677. The summed E-state index contributed by atoms with van der Waals surface area (Å²) in [6.07, 6.45) is 4.60. The van der Waals surface area contributed by atoms with E-state index in [2.05, 4.69) is 33.7 Å². The lowest BCUT2D eigenvalue weighted by Crippen LogP contribution is -2.08. The van der Waals surface area contributed by atoms with E-state index in [1.807, 2.05) is 0 Å². The van der Waals surface area contributed by atoms with Crippen molar-refractivity contribution in [2.75, 3.05) is 6.54 Å². The summed E-state index contributed by atoms with van der Waals surface area (Å²) in [4.78, 5) is 0. The second-order valence-corrected chi connectivity index (χ2v) is 4.19.